The standard InChI is InChI=1S/C10H8BrN3O/c11-8-2-1-3-12-9(8)10-13-4-7(6-15)5-14-10/h1-5,15H,6H2. The molecule has 0 aliphatic rings. The predicted octanol–water partition coefficient (Wildman–Crippen LogP) is 1.79. The van der Waals surface area contributed by atoms with Crippen LogP contribution < -0.4 is 0 Å². The van der Waals surface area contributed by atoms with E-state index in [2.05, 4.69) is 30.9 Å². The number of hydrogen-bond donors (Lipinski definition) is 1. The largest absolute Gasteiger partial charge is 0.392 e. The Morgan fingerprint density at radius 2 is 1.93 bits per heavy atom. The molecule has 0 fully saturated rings. The summed E-state index contributed by atoms with van der Waals surface area (Å²) in [5.74, 6) is 0.541. The number of halogens is 1. The van der Waals surface area contributed by atoms with Crippen molar-refractivity contribution in [2.45, 2.75) is 6.61 Å². The molecule has 1 N–H and O–H groups in total. The molecule has 0 spiro atoms. The van der Waals surface area contributed by atoms with E-state index in [1.165, 1.54) is 0 Å². The summed E-state index contributed by atoms with van der Waals surface area (Å²) in [7, 11) is 0. The SMILES string of the molecule is OCc1cnc(-c2ncccc2Br)nc1. The second kappa shape index (κ2) is 4.46. The summed E-state index contributed by atoms with van der Waals surface area (Å²) >= 11 is 3.38. The third-order valence-electron chi connectivity index (χ3n) is 1.86. The quantitative estimate of drug-likeness (QED) is 0.900. The predicted molar refractivity (Wildman–Crippen MR) is 58.9 cm³/mol. The maximum Gasteiger partial charge on any atom is 0.179 e. The summed E-state index contributed by atoms with van der Waals surface area (Å²) in [6.07, 6.45) is 4.86. The minimum Gasteiger partial charge on any atom is -0.392 e. The van der Waals surface area contributed by atoms with Crippen LogP contribution in [0.1, 0.15) is 5.56 Å². The molecule has 2 rings (SSSR count). The molecule has 15 heavy (non-hydrogen) atoms. The number of aromatic nitrogens is 3. The van der Waals surface area contributed by atoms with Crippen LogP contribution in [0.5, 0.6) is 0 Å². The topological polar surface area (TPSA) is 58.9 Å². The van der Waals surface area contributed by atoms with Crippen LogP contribution in [0.3, 0.4) is 0 Å². The second-order valence-corrected chi connectivity index (χ2v) is 3.76. The van der Waals surface area contributed by atoms with Crippen LogP contribution in [0.25, 0.3) is 11.5 Å². The van der Waals surface area contributed by atoms with Crippen molar-refractivity contribution in [3.63, 3.8) is 0 Å². The van der Waals surface area contributed by atoms with Crippen molar-refractivity contribution < 1.29 is 5.11 Å². The first-order valence-electron chi connectivity index (χ1n) is 4.34. The van der Waals surface area contributed by atoms with Gasteiger partial charge in [0, 0.05) is 28.6 Å². The minimum absolute atomic E-state index is 0.0519. The molecule has 0 aromatic carbocycles. The van der Waals surface area contributed by atoms with E-state index in [0.717, 1.165) is 4.47 Å². The van der Waals surface area contributed by atoms with E-state index in [1.54, 1.807) is 18.6 Å². The summed E-state index contributed by atoms with van der Waals surface area (Å²) < 4.78 is 0.849. The first-order chi connectivity index (χ1) is 7.31. The zero-order valence-corrected chi connectivity index (χ0v) is 9.35. The molecule has 0 atom stereocenters. The van der Waals surface area contributed by atoms with Crippen LogP contribution >= 0.6 is 15.9 Å². The number of aliphatic hydroxyl groups is 1. The van der Waals surface area contributed by atoms with E-state index in [9.17, 15) is 0 Å². The molecular formula is C10H8BrN3O. The highest BCUT2D eigenvalue weighted by Gasteiger charge is 2.06. The number of nitrogens with zero attached hydrogens (tertiary/aromatic N) is 3. The van der Waals surface area contributed by atoms with Gasteiger partial charge in [-0.2, -0.15) is 0 Å². The van der Waals surface area contributed by atoms with Crippen LogP contribution in [0, 0.1) is 0 Å². The molecule has 0 saturated carbocycles. The molecule has 0 unspecified atom stereocenters. The molecular weight excluding hydrogens is 258 g/mol. The Kier molecular flexibility index (Phi) is 3.03. The number of hydrogen-bond acceptors (Lipinski definition) is 4. The first kappa shape index (κ1) is 10.2. The Morgan fingerprint density at radius 3 is 2.53 bits per heavy atom. The molecule has 0 bridgehead atoms. The first-order valence-corrected chi connectivity index (χ1v) is 5.13. The van der Waals surface area contributed by atoms with E-state index in [0.29, 0.717) is 17.1 Å². The second-order valence-electron chi connectivity index (χ2n) is 2.91. The lowest BCUT2D eigenvalue weighted by atomic mass is 10.3. The van der Waals surface area contributed by atoms with Crippen molar-refractivity contribution in [1.82, 2.24) is 15.0 Å². The maximum atomic E-state index is 8.85. The van der Waals surface area contributed by atoms with Crippen molar-refractivity contribution in [1.29, 1.82) is 0 Å². The van der Waals surface area contributed by atoms with Crippen molar-refractivity contribution >= 4 is 15.9 Å². The molecule has 76 valence electrons. The van der Waals surface area contributed by atoms with Crippen molar-refractivity contribution in [2.24, 2.45) is 0 Å². The van der Waals surface area contributed by atoms with E-state index in [-0.39, 0.29) is 6.61 Å². The minimum atomic E-state index is -0.0519. The Balaban J connectivity index is 2.42. The molecule has 5 heteroatoms. The Morgan fingerprint density at radius 1 is 1.20 bits per heavy atom. The molecule has 0 aliphatic heterocycles. The normalized spacial score (nSPS) is 10.3. The monoisotopic (exact) mass is 265 g/mol. The Labute approximate surface area is 95.2 Å². The lowest BCUT2D eigenvalue weighted by molar-refractivity contribution is 0.281. The smallest absolute Gasteiger partial charge is 0.179 e. The average Bonchev–Trinajstić information content (AvgIpc) is 2.30. The van der Waals surface area contributed by atoms with Gasteiger partial charge in [0.1, 0.15) is 5.69 Å². The number of pyridine rings is 1. The zero-order valence-electron chi connectivity index (χ0n) is 7.76. The molecule has 2 aromatic rings. The third kappa shape index (κ3) is 2.19. The van der Waals surface area contributed by atoms with Crippen molar-refractivity contribution in [2.75, 3.05) is 0 Å². The van der Waals surface area contributed by atoms with Gasteiger partial charge in [0.25, 0.3) is 0 Å². The summed E-state index contributed by atoms with van der Waals surface area (Å²) in [6, 6.07) is 3.71. The van der Waals surface area contributed by atoms with Crippen molar-refractivity contribution in [3.05, 3.63) is 40.8 Å². The van der Waals surface area contributed by atoms with Gasteiger partial charge in [0.2, 0.25) is 0 Å². The fourth-order valence-electron chi connectivity index (χ4n) is 1.11. The van der Waals surface area contributed by atoms with E-state index in [4.69, 9.17) is 5.11 Å². The summed E-state index contributed by atoms with van der Waals surface area (Å²) in [5.41, 5.74) is 1.38. The van der Waals surface area contributed by atoms with Gasteiger partial charge in [0.15, 0.2) is 5.82 Å². The van der Waals surface area contributed by atoms with Crippen LogP contribution in [-0.4, -0.2) is 20.1 Å². The van der Waals surface area contributed by atoms with Crippen molar-refractivity contribution in [3.8, 4) is 11.5 Å². The van der Waals surface area contributed by atoms with Gasteiger partial charge in [-0.05, 0) is 28.1 Å². The molecule has 2 heterocycles. The molecule has 0 saturated heterocycles. The highest BCUT2D eigenvalue weighted by Crippen LogP contribution is 2.21. The van der Waals surface area contributed by atoms with E-state index < -0.39 is 0 Å². The summed E-state index contributed by atoms with van der Waals surface area (Å²) in [4.78, 5) is 12.4. The molecule has 0 radical (unpaired) electrons. The lowest BCUT2D eigenvalue weighted by Crippen LogP contribution is -1.94. The van der Waals surface area contributed by atoms with Crippen LogP contribution in [-0.2, 0) is 6.61 Å². The van der Waals surface area contributed by atoms with Gasteiger partial charge in [-0.1, -0.05) is 0 Å². The van der Waals surface area contributed by atoms with Crippen LogP contribution in [0.15, 0.2) is 35.2 Å². The molecule has 2 aromatic heterocycles. The highest BCUT2D eigenvalue weighted by atomic mass is 79.9. The van der Waals surface area contributed by atoms with Crippen LogP contribution in [0.2, 0.25) is 0 Å². The fourth-order valence-corrected chi connectivity index (χ4v) is 1.54. The van der Waals surface area contributed by atoms with Gasteiger partial charge in [-0.3, -0.25) is 4.98 Å². The van der Waals surface area contributed by atoms with E-state index >= 15 is 0 Å². The van der Waals surface area contributed by atoms with Gasteiger partial charge < -0.3 is 5.11 Å². The molecule has 0 amide bonds. The van der Waals surface area contributed by atoms with Gasteiger partial charge in [-0.25, -0.2) is 9.97 Å². The third-order valence-corrected chi connectivity index (χ3v) is 2.50. The maximum absolute atomic E-state index is 8.85. The zero-order chi connectivity index (χ0) is 10.7. The van der Waals surface area contributed by atoms with E-state index in [1.807, 2.05) is 12.1 Å². The van der Waals surface area contributed by atoms with Gasteiger partial charge >= 0.3 is 0 Å². The summed E-state index contributed by atoms with van der Waals surface area (Å²) in [6.45, 7) is -0.0519. The van der Waals surface area contributed by atoms with Gasteiger partial charge in [0.05, 0.1) is 6.61 Å². The molecule has 4 nitrogen and oxygen atoms in total. The number of rotatable bonds is 2. The fraction of sp³-hybridized carbons (Fsp3) is 0.100. The Hall–Kier alpha value is -1.33. The Bertz CT molecular complexity index is 458. The molecule has 0 aliphatic carbocycles. The average molecular weight is 266 g/mol. The number of aliphatic hydroxyl groups excluding tert-OH is 1. The lowest BCUT2D eigenvalue weighted by Gasteiger charge is -2.01. The van der Waals surface area contributed by atoms with Gasteiger partial charge in [-0.15, -0.1) is 0 Å². The van der Waals surface area contributed by atoms with Crippen LogP contribution in [0.4, 0.5) is 0 Å². The highest BCUT2D eigenvalue weighted by molar-refractivity contribution is 9.10. The summed E-state index contributed by atoms with van der Waals surface area (Å²) in [5, 5.41) is 8.85.